The number of aryl methyl sites for hydroxylation is 2. The molecule has 1 amide bonds. The first kappa shape index (κ1) is 21.6. The Morgan fingerprint density at radius 1 is 1.06 bits per heavy atom. The summed E-state index contributed by atoms with van der Waals surface area (Å²) in [4.78, 5) is 36.8. The van der Waals surface area contributed by atoms with Gasteiger partial charge in [0.25, 0.3) is 5.91 Å². The van der Waals surface area contributed by atoms with Crippen molar-refractivity contribution in [3.63, 3.8) is 0 Å². The molecular formula is C25H25NO6. The van der Waals surface area contributed by atoms with Crippen molar-refractivity contribution in [3.05, 3.63) is 75.1 Å². The molecule has 166 valence electrons. The van der Waals surface area contributed by atoms with Crippen LogP contribution in [0.15, 0.2) is 51.7 Å². The predicted octanol–water partition coefficient (Wildman–Crippen LogP) is 3.69. The first-order valence-electron chi connectivity index (χ1n) is 10.7. The second kappa shape index (κ2) is 8.86. The highest BCUT2D eigenvalue weighted by Gasteiger charge is 2.26. The zero-order chi connectivity index (χ0) is 22.8. The molecule has 1 aliphatic carbocycles. The highest BCUT2D eigenvalue weighted by atomic mass is 16.5. The number of ether oxygens (including phenoxy) is 1. The number of carbonyl (C=O) groups is 2. The minimum Gasteiger partial charge on any atom is -0.480 e. The number of fused-ring (bicyclic) bond motifs is 3. The Balaban J connectivity index is 1.57. The number of amides is 1. The van der Waals surface area contributed by atoms with E-state index < -0.39 is 24.0 Å². The second-order valence-electron chi connectivity index (χ2n) is 8.07. The summed E-state index contributed by atoms with van der Waals surface area (Å²) < 4.78 is 11.5. The van der Waals surface area contributed by atoms with E-state index in [1.165, 1.54) is 0 Å². The Kier molecular flexibility index (Phi) is 5.99. The summed E-state index contributed by atoms with van der Waals surface area (Å²) >= 11 is 0. The van der Waals surface area contributed by atoms with Crippen LogP contribution in [0.5, 0.6) is 5.75 Å². The SMILES string of the molecule is Cc1c(OC(C)C(=O)N[C@@H](C(=O)O)c2ccccc2)ccc2c3c(c(=O)oc12)CCCC3. The number of carboxylic acid groups (broad SMARTS) is 1. The summed E-state index contributed by atoms with van der Waals surface area (Å²) in [5, 5.41) is 13.0. The molecule has 0 fully saturated rings. The smallest absolute Gasteiger partial charge is 0.339 e. The van der Waals surface area contributed by atoms with Gasteiger partial charge in [0.1, 0.15) is 11.3 Å². The van der Waals surface area contributed by atoms with E-state index in [0.29, 0.717) is 22.5 Å². The largest absolute Gasteiger partial charge is 0.480 e. The van der Waals surface area contributed by atoms with Gasteiger partial charge in [-0.25, -0.2) is 9.59 Å². The lowest BCUT2D eigenvalue weighted by atomic mass is 9.90. The van der Waals surface area contributed by atoms with Crippen molar-refractivity contribution in [1.29, 1.82) is 0 Å². The van der Waals surface area contributed by atoms with Gasteiger partial charge < -0.3 is 19.6 Å². The highest BCUT2D eigenvalue weighted by Crippen LogP contribution is 2.33. The molecule has 0 radical (unpaired) electrons. The number of aliphatic carboxylic acids is 1. The minimum atomic E-state index is -1.18. The van der Waals surface area contributed by atoms with Crippen LogP contribution in [0.3, 0.4) is 0 Å². The molecule has 0 saturated heterocycles. The Hall–Kier alpha value is -3.61. The standard InChI is InChI=1S/C25H25NO6/c1-14-20(13-12-18-17-10-6-7-11-19(17)25(30)32-22(14)18)31-15(2)23(27)26-21(24(28)29)16-8-4-3-5-9-16/h3-5,8-9,12-13,15,21H,6-7,10-11H2,1-2H3,(H,26,27)(H,28,29)/t15?,21-/m1/s1. The maximum absolute atomic E-state index is 12.7. The maximum Gasteiger partial charge on any atom is 0.339 e. The van der Waals surface area contributed by atoms with E-state index in [-0.39, 0.29) is 5.63 Å². The quantitative estimate of drug-likeness (QED) is 0.572. The van der Waals surface area contributed by atoms with Gasteiger partial charge in [-0.2, -0.15) is 0 Å². The van der Waals surface area contributed by atoms with Crippen molar-refractivity contribution >= 4 is 22.8 Å². The molecule has 2 atom stereocenters. The number of carboxylic acids is 1. The van der Waals surface area contributed by atoms with Crippen molar-refractivity contribution in [2.75, 3.05) is 0 Å². The first-order chi connectivity index (χ1) is 15.4. The molecule has 0 spiro atoms. The molecule has 4 rings (SSSR count). The van der Waals surface area contributed by atoms with Crippen LogP contribution in [0.25, 0.3) is 11.0 Å². The molecule has 7 nitrogen and oxygen atoms in total. The van der Waals surface area contributed by atoms with Crippen molar-refractivity contribution in [2.45, 2.75) is 51.7 Å². The minimum absolute atomic E-state index is 0.314. The molecule has 3 aromatic rings. The van der Waals surface area contributed by atoms with Gasteiger partial charge in [-0.05, 0) is 62.8 Å². The number of hydrogen-bond donors (Lipinski definition) is 2. The fraction of sp³-hybridized carbons (Fsp3) is 0.320. The summed E-state index contributed by atoms with van der Waals surface area (Å²) in [6, 6.07) is 10.9. The fourth-order valence-electron chi connectivity index (χ4n) is 4.19. The first-order valence-corrected chi connectivity index (χ1v) is 10.7. The average molecular weight is 435 g/mol. The summed E-state index contributed by atoms with van der Waals surface area (Å²) in [6.45, 7) is 3.33. The predicted molar refractivity (Wildman–Crippen MR) is 119 cm³/mol. The molecule has 2 N–H and O–H groups in total. The Labute approximate surface area is 185 Å². The van der Waals surface area contributed by atoms with Crippen molar-refractivity contribution in [3.8, 4) is 5.75 Å². The molecular weight excluding hydrogens is 410 g/mol. The molecule has 1 aromatic heterocycles. The lowest BCUT2D eigenvalue weighted by molar-refractivity contribution is -0.143. The molecule has 0 saturated carbocycles. The van der Waals surface area contributed by atoms with Gasteiger partial charge in [0, 0.05) is 16.5 Å². The van der Waals surface area contributed by atoms with Gasteiger partial charge in [-0.1, -0.05) is 30.3 Å². The molecule has 2 aromatic carbocycles. The number of carbonyl (C=O) groups excluding carboxylic acids is 1. The van der Waals surface area contributed by atoms with Crippen LogP contribution in [0, 0.1) is 6.92 Å². The van der Waals surface area contributed by atoms with Crippen LogP contribution < -0.4 is 15.7 Å². The van der Waals surface area contributed by atoms with Crippen LogP contribution in [0.2, 0.25) is 0 Å². The normalized spacial score (nSPS) is 14.9. The zero-order valence-corrected chi connectivity index (χ0v) is 18.0. The van der Waals surface area contributed by atoms with Crippen LogP contribution in [0.1, 0.15) is 48.1 Å². The van der Waals surface area contributed by atoms with Crippen molar-refractivity contribution < 1.29 is 23.8 Å². The van der Waals surface area contributed by atoms with Gasteiger partial charge in [0.05, 0.1) is 0 Å². The third-order valence-electron chi connectivity index (χ3n) is 5.93. The highest BCUT2D eigenvalue weighted by molar-refractivity contribution is 5.88. The van der Waals surface area contributed by atoms with E-state index in [9.17, 15) is 19.5 Å². The van der Waals surface area contributed by atoms with Gasteiger partial charge >= 0.3 is 11.6 Å². The summed E-state index contributed by atoms with van der Waals surface area (Å²) in [5.74, 6) is -1.32. The van der Waals surface area contributed by atoms with E-state index >= 15 is 0 Å². The summed E-state index contributed by atoms with van der Waals surface area (Å²) in [7, 11) is 0. The lowest BCUT2D eigenvalue weighted by Crippen LogP contribution is -2.41. The Bertz CT molecular complexity index is 1230. The number of benzene rings is 2. The maximum atomic E-state index is 12.7. The number of rotatable bonds is 6. The van der Waals surface area contributed by atoms with Crippen molar-refractivity contribution in [2.24, 2.45) is 0 Å². The third-order valence-corrected chi connectivity index (χ3v) is 5.93. The van der Waals surface area contributed by atoms with Crippen LogP contribution in [0.4, 0.5) is 0 Å². The monoisotopic (exact) mass is 435 g/mol. The number of hydrogen-bond acceptors (Lipinski definition) is 5. The Morgan fingerprint density at radius 2 is 1.75 bits per heavy atom. The molecule has 1 unspecified atom stereocenters. The average Bonchev–Trinajstić information content (AvgIpc) is 2.80. The van der Waals surface area contributed by atoms with Crippen LogP contribution in [-0.2, 0) is 22.4 Å². The molecule has 1 aliphatic rings. The van der Waals surface area contributed by atoms with Crippen LogP contribution >= 0.6 is 0 Å². The van der Waals surface area contributed by atoms with E-state index in [2.05, 4.69) is 5.32 Å². The Morgan fingerprint density at radius 3 is 2.44 bits per heavy atom. The second-order valence-corrected chi connectivity index (χ2v) is 8.07. The zero-order valence-electron chi connectivity index (χ0n) is 18.0. The fourth-order valence-corrected chi connectivity index (χ4v) is 4.19. The molecule has 1 heterocycles. The van der Waals surface area contributed by atoms with Gasteiger partial charge in [-0.15, -0.1) is 0 Å². The van der Waals surface area contributed by atoms with Gasteiger partial charge in [-0.3, -0.25) is 4.79 Å². The number of nitrogens with one attached hydrogen (secondary N) is 1. The molecule has 0 bridgehead atoms. The lowest BCUT2D eigenvalue weighted by Gasteiger charge is -2.21. The van der Waals surface area contributed by atoms with Crippen LogP contribution in [-0.4, -0.2) is 23.1 Å². The van der Waals surface area contributed by atoms with E-state index in [1.807, 2.05) is 6.07 Å². The summed E-state index contributed by atoms with van der Waals surface area (Å²) in [5.41, 5.74) is 3.04. The van der Waals surface area contributed by atoms with E-state index in [0.717, 1.165) is 42.2 Å². The molecule has 32 heavy (non-hydrogen) atoms. The van der Waals surface area contributed by atoms with Crippen molar-refractivity contribution in [1.82, 2.24) is 5.32 Å². The topological polar surface area (TPSA) is 106 Å². The summed E-state index contributed by atoms with van der Waals surface area (Å²) in [6.07, 6.45) is 2.63. The van der Waals surface area contributed by atoms with Gasteiger partial charge in [0.15, 0.2) is 12.1 Å². The van der Waals surface area contributed by atoms with Gasteiger partial charge in [0.2, 0.25) is 0 Å². The third kappa shape index (κ3) is 4.10. The molecule has 0 aliphatic heterocycles. The molecule has 7 heteroatoms. The van der Waals surface area contributed by atoms with E-state index in [1.54, 1.807) is 50.2 Å². The van der Waals surface area contributed by atoms with E-state index in [4.69, 9.17) is 9.15 Å².